The Bertz CT molecular complexity index is 243. The van der Waals surface area contributed by atoms with Gasteiger partial charge in [-0.3, -0.25) is 4.79 Å². The highest BCUT2D eigenvalue weighted by Crippen LogP contribution is 2.03. The third-order valence-electron chi connectivity index (χ3n) is 2.14. The first-order valence-electron chi connectivity index (χ1n) is 5.43. The maximum atomic E-state index is 11.6. The van der Waals surface area contributed by atoms with Gasteiger partial charge in [0, 0.05) is 12.6 Å². The lowest BCUT2D eigenvalue weighted by molar-refractivity contribution is -0.123. The molecule has 0 bridgehead atoms. The number of primary amides is 1. The van der Waals surface area contributed by atoms with Crippen LogP contribution < -0.4 is 22.1 Å². The molecule has 0 saturated carbocycles. The Kier molecular flexibility index (Phi) is 6.48. The summed E-state index contributed by atoms with van der Waals surface area (Å²) < 4.78 is 0. The second kappa shape index (κ2) is 7.05. The molecule has 0 fully saturated rings. The summed E-state index contributed by atoms with van der Waals surface area (Å²) >= 11 is 0. The van der Waals surface area contributed by atoms with Crippen LogP contribution >= 0.6 is 0 Å². The third kappa shape index (κ3) is 6.23. The van der Waals surface area contributed by atoms with E-state index >= 15 is 0 Å². The normalized spacial score (nSPS) is 14.3. The van der Waals surface area contributed by atoms with Crippen molar-refractivity contribution in [2.45, 2.75) is 39.3 Å². The van der Waals surface area contributed by atoms with Gasteiger partial charge < -0.3 is 22.1 Å². The number of carbonyl (C=O) groups excluding carboxylic acids is 2. The minimum absolute atomic E-state index is 0.0652. The maximum absolute atomic E-state index is 11.6. The highest BCUT2D eigenvalue weighted by atomic mass is 16.2. The summed E-state index contributed by atoms with van der Waals surface area (Å²) in [5.74, 6) is 0.183. The van der Waals surface area contributed by atoms with Gasteiger partial charge in [-0.2, -0.15) is 0 Å². The van der Waals surface area contributed by atoms with Crippen LogP contribution in [0.5, 0.6) is 0 Å². The van der Waals surface area contributed by atoms with Gasteiger partial charge in [0.2, 0.25) is 5.91 Å². The van der Waals surface area contributed by atoms with Gasteiger partial charge in [0.05, 0.1) is 0 Å². The Hall–Kier alpha value is -1.30. The molecule has 0 heterocycles. The van der Waals surface area contributed by atoms with Crippen molar-refractivity contribution in [2.75, 3.05) is 6.54 Å². The summed E-state index contributed by atoms with van der Waals surface area (Å²) in [5, 5.41) is 5.08. The molecule has 2 atom stereocenters. The molecule has 0 aromatic rings. The van der Waals surface area contributed by atoms with Gasteiger partial charge in [0.25, 0.3) is 0 Å². The summed E-state index contributed by atoms with van der Waals surface area (Å²) in [5.41, 5.74) is 10.5. The van der Waals surface area contributed by atoms with Gasteiger partial charge in [-0.15, -0.1) is 0 Å². The molecule has 0 aromatic heterocycles. The summed E-state index contributed by atoms with van der Waals surface area (Å²) in [6.07, 6.45) is 0.811. The monoisotopic (exact) mass is 230 g/mol. The van der Waals surface area contributed by atoms with E-state index in [1.165, 1.54) is 0 Å². The van der Waals surface area contributed by atoms with Crippen LogP contribution in [0.1, 0.15) is 27.2 Å². The average molecular weight is 230 g/mol. The minimum atomic E-state index is -0.712. The Balaban J connectivity index is 4.13. The Morgan fingerprint density at radius 3 is 2.12 bits per heavy atom. The molecule has 3 amide bonds. The van der Waals surface area contributed by atoms with Crippen molar-refractivity contribution >= 4 is 11.9 Å². The molecule has 0 aromatic carbocycles. The first-order chi connectivity index (χ1) is 7.36. The molecule has 0 rings (SSSR count). The smallest absolute Gasteiger partial charge is 0.312 e. The van der Waals surface area contributed by atoms with E-state index in [0.717, 1.165) is 6.42 Å². The van der Waals surface area contributed by atoms with E-state index in [1.54, 1.807) is 6.92 Å². The molecule has 0 aliphatic heterocycles. The zero-order chi connectivity index (χ0) is 12.7. The van der Waals surface area contributed by atoms with Gasteiger partial charge in [0.15, 0.2) is 0 Å². The van der Waals surface area contributed by atoms with Gasteiger partial charge in [-0.25, -0.2) is 4.79 Å². The predicted molar refractivity (Wildman–Crippen MR) is 62.6 cm³/mol. The van der Waals surface area contributed by atoms with Gasteiger partial charge in [0.1, 0.15) is 6.04 Å². The highest BCUT2D eigenvalue weighted by Gasteiger charge is 2.18. The number of amides is 3. The number of hydrogen-bond donors (Lipinski definition) is 4. The number of urea groups is 1. The van der Waals surface area contributed by atoms with Gasteiger partial charge >= 0.3 is 6.03 Å². The van der Waals surface area contributed by atoms with E-state index in [1.807, 2.05) is 0 Å². The second-order valence-electron chi connectivity index (χ2n) is 4.30. The summed E-state index contributed by atoms with van der Waals surface area (Å²) in [4.78, 5) is 22.1. The maximum Gasteiger partial charge on any atom is 0.312 e. The quantitative estimate of drug-likeness (QED) is 0.495. The number of hydrogen-bond acceptors (Lipinski definition) is 3. The molecule has 0 aliphatic rings. The number of rotatable bonds is 6. The van der Waals surface area contributed by atoms with Crippen molar-refractivity contribution in [1.82, 2.24) is 10.6 Å². The van der Waals surface area contributed by atoms with E-state index in [4.69, 9.17) is 11.5 Å². The predicted octanol–water partition coefficient (Wildman–Crippen LogP) is -0.467. The molecule has 0 saturated heterocycles. The first kappa shape index (κ1) is 14.7. The summed E-state index contributed by atoms with van der Waals surface area (Å²) in [6.45, 7) is 6.07. The summed E-state index contributed by atoms with van der Waals surface area (Å²) in [7, 11) is 0. The van der Waals surface area contributed by atoms with Crippen molar-refractivity contribution in [1.29, 1.82) is 0 Å². The molecule has 2 unspecified atom stereocenters. The second-order valence-corrected chi connectivity index (χ2v) is 4.30. The molecule has 6 heteroatoms. The van der Waals surface area contributed by atoms with Gasteiger partial charge in [-0.05, 0) is 19.3 Å². The lowest BCUT2D eigenvalue weighted by Crippen LogP contribution is -2.51. The molecular formula is C10H22N4O2. The minimum Gasteiger partial charge on any atom is -0.352 e. The SMILES string of the molecule is CC(C)CC(CN)NC(=O)C(C)NC(N)=O. The van der Waals surface area contributed by atoms with E-state index in [0.29, 0.717) is 12.5 Å². The van der Waals surface area contributed by atoms with Crippen LogP contribution in [0.3, 0.4) is 0 Å². The standard InChI is InChI=1S/C10H22N4O2/c1-6(2)4-8(5-11)14-9(15)7(3)13-10(12)16/h6-8H,4-5,11H2,1-3H3,(H,14,15)(H3,12,13,16). The van der Waals surface area contributed by atoms with E-state index < -0.39 is 12.1 Å². The molecule has 6 N–H and O–H groups in total. The highest BCUT2D eigenvalue weighted by molar-refractivity contribution is 5.86. The Labute approximate surface area is 96.1 Å². The fraction of sp³-hybridized carbons (Fsp3) is 0.800. The topological polar surface area (TPSA) is 110 Å². The van der Waals surface area contributed by atoms with Crippen LogP contribution in [0.15, 0.2) is 0 Å². The third-order valence-corrected chi connectivity index (χ3v) is 2.14. The number of carbonyl (C=O) groups is 2. The molecule has 0 spiro atoms. The van der Waals surface area contributed by atoms with E-state index in [-0.39, 0.29) is 11.9 Å². The van der Waals surface area contributed by atoms with Gasteiger partial charge in [-0.1, -0.05) is 13.8 Å². The Morgan fingerprint density at radius 2 is 1.75 bits per heavy atom. The van der Waals surface area contributed by atoms with Crippen LogP contribution in [0.25, 0.3) is 0 Å². The molecule has 6 nitrogen and oxygen atoms in total. The van der Waals surface area contributed by atoms with Crippen molar-refractivity contribution < 1.29 is 9.59 Å². The van der Waals surface area contributed by atoms with Crippen molar-refractivity contribution in [3.05, 3.63) is 0 Å². The van der Waals surface area contributed by atoms with Crippen LogP contribution in [0, 0.1) is 5.92 Å². The van der Waals surface area contributed by atoms with Crippen molar-refractivity contribution in [3.8, 4) is 0 Å². The largest absolute Gasteiger partial charge is 0.352 e. The molecule has 16 heavy (non-hydrogen) atoms. The van der Waals surface area contributed by atoms with Crippen LogP contribution in [-0.2, 0) is 4.79 Å². The molecule has 0 radical (unpaired) electrons. The van der Waals surface area contributed by atoms with Crippen LogP contribution in [0.2, 0.25) is 0 Å². The average Bonchev–Trinajstić information content (AvgIpc) is 2.14. The van der Waals surface area contributed by atoms with E-state index in [2.05, 4.69) is 24.5 Å². The van der Waals surface area contributed by atoms with Crippen molar-refractivity contribution in [3.63, 3.8) is 0 Å². The number of nitrogens with one attached hydrogen (secondary N) is 2. The van der Waals surface area contributed by atoms with E-state index in [9.17, 15) is 9.59 Å². The Morgan fingerprint density at radius 1 is 1.19 bits per heavy atom. The fourth-order valence-corrected chi connectivity index (χ4v) is 1.39. The number of nitrogens with two attached hydrogens (primary N) is 2. The molecule has 0 aliphatic carbocycles. The fourth-order valence-electron chi connectivity index (χ4n) is 1.39. The zero-order valence-electron chi connectivity index (χ0n) is 10.1. The van der Waals surface area contributed by atoms with Crippen LogP contribution in [0.4, 0.5) is 4.79 Å². The lowest BCUT2D eigenvalue weighted by atomic mass is 10.0. The summed E-state index contributed by atoms with van der Waals surface area (Å²) in [6, 6.07) is -1.42. The zero-order valence-corrected chi connectivity index (χ0v) is 10.1. The van der Waals surface area contributed by atoms with Crippen LogP contribution in [-0.4, -0.2) is 30.6 Å². The molecular weight excluding hydrogens is 208 g/mol. The lowest BCUT2D eigenvalue weighted by Gasteiger charge is -2.21. The first-order valence-corrected chi connectivity index (χ1v) is 5.43. The molecule has 94 valence electrons. The van der Waals surface area contributed by atoms with Crippen molar-refractivity contribution in [2.24, 2.45) is 17.4 Å².